The maximum atomic E-state index is 7.82. The number of rotatable bonds is 2. The minimum absolute atomic E-state index is 1.15. The summed E-state index contributed by atoms with van der Waals surface area (Å²) in [7, 11) is 1.36. The summed E-state index contributed by atoms with van der Waals surface area (Å²) >= 11 is 0. The fourth-order valence-electron chi connectivity index (χ4n) is 0.114. The highest BCUT2D eigenvalue weighted by Crippen LogP contribution is 1.72. The Hall–Kier alpha value is -1.01. The van der Waals surface area contributed by atoms with Crippen LogP contribution in [0.3, 0.4) is 0 Å². The van der Waals surface area contributed by atoms with Crippen molar-refractivity contribution in [1.82, 2.24) is 0 Å². The third-order valence-electron chi connectivity index (χ3n) is 0.294. The van der Waals surface area contributed by atoms with E-state index in [-0.39, 0.29) is 0 Å². The second-order valence-corrected chi connectivity index (χ2v) is 0.695. The van der Waals surface area contributed by atoms with Gasteiger partial charge in [0, 0.05) is 0 Å². The van der Waals surface area contributed by atoms with Crippen molar-refractivity contribution in [3.63, 3.8) is 0 Å². The van der Waals surface area contributed by atoms with Gasteiger partial charge in [0.2, 0.25) is 0 Å². The lowest BCUT2D eigenvalue weighted by atomic mass is 10.7. The van der Waals surface area contributed by atoms with E-state index in [0.29, 0.717) is 0 Å². The molecule has 0 aromatic rings. The minimum atomic E-state index is 1.15. The number of nitriles is 1. The number of hydrogen-bond acceptors (Lipinski definition) is 3. The average molecular weight is 99.1 g/mol. The van der Waals surface area contributed by atoms with Gasteiger partial charge in [-0.3, -0.25) is 0 Å². The summed E-state index contributed by atoms with van der Waals surface area (Å²) in [4.78, 5) is 8.28. The lowest BCUT2D eigenvalue weighted by Crippen LogP contribution is -1.73. The van der Waals surface area contributed by atoms with Crippen LogP contribution in [0.15, 0.2) is 12.3 Å². The van der Waals surface area contributed by atoms with Crippen LogP contribution in [0.4, 0.5) is 0 Å². The maximum Gasteiger partial charge on any atom is 0.140 e. The van der Waals surface area contributed by atoms with Gasteiger partial charge in [-0.15, -0.1) is 0 Å². The molecular weight excluding hydrogens is 94.0 g/mol. The molecule has 0 bridgehead atoms. The lowest BCUT2D eigenvalue weighted by Gasteiger charge is -1.85. The zero-order valence-electron chi connectivity index (χ0n) is 3.92. The van der Waals surface area contributed by atoms with Crippen molar-refractivity contribution in [3.05, 3.63) is 12.3 Å². The molecule has 0 spiro atoms. The summed E-state index contributed by atoms with van der Waals surface area (Å²) in [5, 5.41) is 7.82. The van der Waals surface area contributed by atoms with Crippen LogP contribution in [0.1, 0.15) is 0 Å². The SMILES string of the molecule is COO/C=C/C#N. The van der Waals surface area contributed by atoms with Gasteiger partial charge in [0.15, 0.2) is 0 Å². The predicted octanol–water partition coefficient (Wildman–Crippen LogP) is 0.602. The second-order valence-electron chi connectivity index (χ2n) is 0.695. The highest BCUT2D eigenvalue weighted by molar-refractivity contribution is 4.97. The molecule has 0 fully saturated rings. The first-order valence-corrected chi connectivity index (χ1v) is 1.66. The summed E-state index contributed by atoms with van der Waals surface area (Å²) < 4.78 is 0. The molecule has 0 aliphatic heterocycles. The highest BCUT2D eigenvalue weighted by Gasteiger charge is 1.63. The topological polar surface area (TPSA) is 42.2 Å². The fourth-order valence-corrected chi connectivity index (χ4v) is 0.114. The Morgan fingerprint density at radius 1 is 1.71 bits per heavy atom. The zero-order chi connectivity index (χ0) is 5.54. The molecule has 0 amide bonds. The van der Waals surface area contributed by atoms with Gasteiger partial charge in [0.05, 0.1) is 19.3 Å². The molecule has 0 saturated heterocycles. The molecule has 0 aliphatic rings. The first-order chi connectivity index (χ1) is 3.41. The Balaban J connectivity index is 2.97. The van der Waals surface area contributed by atoms with E-state index in [9.17, 15) is 0 Å². The lowest BCUT2D eigenvalue weighted by molar-refractivity contribution is -0.222. The van der Waals surface area contributed by atoms with Crippen LogP contribution in [-0.2, 0) is 9.78 Å². The van der Waals surface area contributed by atoms with Crippen LogP contribution in [0.25, 0.3) is 0 Å². The molecule has 0 unspecified atom stereocenters. The summed E-state index contributed by atoms with van der Waals surface area (Å²) in [6, 6.07) is 1.72. The van der Waals surface area contributed by atoms with Crippen LogP contribution in [0, 0.1) is 11.3 Å². The molecule has 0 saturated carbocycles. The van der Waals surface area contributed by atoms with E-state index < -0.39 is 0 Å². The molecule has 0 aliphatic carbocycles. The third-order valence-corrected chi connectivity index (χ3v) is 0.294. The maximum absolute atomic E-state index is 7.82. The van der Waals surface area contributed by atoms with Crippen LogP contribution < -0.4 is 0 Å². The van der Waals surface area contributed by atoms with Gasteiger partial charge >= 0.3 is 0 Å². The largest absolute Gasteiger partial charge is 0.345 e. The van der Waals surface area contributed by atoms with Crippen molar-refractivity contribution in [1.29, 1.82) is 5.26 Å². The first-order valence-electron chi connectivity index (χ1n) is 1.66. The molecule has 7 heavy (non-hydrogen) atoms. The van der Waals surface area contributed by atoms with Gasteiger partial charge in [-0.2, -0.15) is 10.1 Å². The standard InChI is InChI=1S/C4H5NO2/c1-6-7-4-2-3-5/h2,4H,1H3/b4-2+. The Morgan fingerprint density at radius 3 is 2.86 bits per heavy atom. The molecule has 0 aromatic heterocycles. The fraction of sp³-hybridized carbons (Fsp3) is 0.250. The van der Waals surface area contributed by atoms with Gasteiger partial charge in [-0.1, -0.05) is 0 Å². The van der Waals surface area contributed by atoms with E-state index >= 15 is 0 Å². The number of allylic oxidation sites excluding steroid dienone is 1. The molecule has 38 valence electrons. The second kappa shape index (κ2) is 4.99. The highest BCUT2D eigenvalue weighted by atomic mass is 17.2. The van der Waals surface area contributed by atoms with E-state index in [4.69, 9.17) is 5.26 Å². The smallest absolute Gasteiger partial charge is 0.140 e. The first kappa shape index (κ1) is 5.99. The van der Waals surface area contributed by atoms with E-state index in [0.717, 1.165) is 6.26 Å². The van der Waals surface area contributed by atoms with Crippen molar-refractivity contribution >= 4 is 0 Å². The Morgan fingerprint density at radius 2 is 2.43 bits per heavy atom. The van der Waals surface area contributed by atoms with E-state index in [1.54, 1.807) is 6.07 Å². The summed E-state index contributed by atoms with van der Waals surface area (Å²) in [6.07, 6.45) is 2.32. The van der Waals surface area contributed by atoms with Crippen LogP contribution >= 0.6 is 0 Å². The summed E-state index contributed by atoms with van der Waals surface area (Å²) in [5.41, 5.74) is 0. The number of hydrogen-bond donors (Lipinski definition) is 0. The monoisotopic (exact) mass is 99.0 g/mol. The average Bonchev–Trinajstić information content (AvgIpc) is 1.69. The number of nitrogens with zero attached hydrogens (tertiary/aromatic N) is 1. The molecule has 3 nitrogen and oxygen atoms in total. The van der Waals surface area contributed by atoms with Crippen molar-refractivity contribution in [3.8, 4) is 6.07 Å². The predicted molar refractivity (Wildman–Crippen MR) is 22.8 cm³/mol. The van der Waals surface area contributed by atoms with Crippen molar-refractivity contribution in [2.24, 2.45) is 0 Å². The quantitative estimate of drug-likeness (QED) is 0.220. The molecule has 3 heteroatoms. The Labute approximate surface area is 41.7 Å². The van der Waals surface area contributed by atoms with E-state index in [1.807, 2.05) is 0 Å². The van der Waals surface area contributed by atoms with E-state index in [1.165, 1.54) is 13.2 Å². The Bertz CT molecular complexity index is 92.4. The molecule has 0 radical (unpaired) electrons. The normalized spacial score (nSPS) is 8.57. The molecular formula is C4H5NO2. The van der Waals surface area contributed by atoms with Gasteiger partial charge in [-0.25, -0.2) is 0 Å². The summed E-state index contributed by atoms with van der Waals surface area (Å²) in [6.45, 7) is 0. The van der Waals surface area contributed by atoms with Crippen LogP contribution in [-0.4, -0.2) is 7.11 Å². The zero-order valence-corrected chi connectivity index (χ0v) is 3.92. The van der Waals surface area contributed by atoms with Gasteiger partial charge < -0.3 is 4.89 Å². The molecule has 0 N–H and O–H groups in total. The van der Waals surface area contributed by atoms with Crippen molar-refractivity contribution in [2.45, 2.75) is 0 Å². The summed E-state index contributed by atoms with van der Waals surface area (Å²) in [5.74, 6) is 0. The Kier molecular flexibility index (Phi) is 4.27. The molecule has 0 atom stereocenters. The van der Waals surface area contributed by atoms with Gasteiger partial charge in [0.25, 0.3) is 0 Å². The third kappa shape index (κ3) is 4.99. The molecule has 0 aromatic carbocycles. The van der Waals surface area contributed by atoms with Crippen molar-refractivity contribution < 1.29 is 9.78 Å². The molecule has 0 rings (SSSR count). The van der Waals surface area contributed by atoms with Crippen LogP contribution in [0.2, 0.25) is 0 Å². The molecule has 0 heterocycles. The van der Waals surface area contributed by atoms with Crippen molar-refractivity contribution in [2.75, 3.05) is 7.11 Å². The minimum Gasteiger partial charge on any atom is -0.345 e. The van der Waals surface area contributed by atoms with E-state index in [2.05, 4.69) is 9.78 Å². The van der Waals surface area contributed by atoms with Gasteiger partial charge in [-0.05, 0) is 0 Å². The van der Waals surface area contributed by atoms with Gasteiger partial charge in [0.1, 0.15) is 6.26 Å². The van der Waals surface area contributed by atoms with Crippen LogP contribution in [0.5, 0.6) is 0 Å².